The topological polar surface area (TPSA) is 86.6 Å². The van der Waals surface area contributed by atoms with Crippen molar-refractivity contribution in [3.05, 3.63) is 83.9 Å². The first-order valence-electron chi connectivity index (χ1n) is 9.53. The van der Waals surface area contributed by atoms with Crippen molar-refractivity contribution in [2.75, 3.05) is 20.8 Å². The second-order valence-electron chi connectivity index (χ2n) is 6.54. The molecule has 3 aromatic carbocycles. The van der Waals surface area contributed by atoms with Crippen LogP contribution in [0.15, 0.2) is 78.0 Å². The number of methoxy groups -OCH3 is 1. The van der Waals surface area contributed by atoms with Crippen molar-refractivity contribution in [2.24, 2.45) is 5.16 Å². The minimum Gasteiger partial charge on any atom is -0.497 e. The van der Waals surface area contributed by atoms with Gasteiger partial charge in [0.15, 0.2) is 0 Å². The highest BCUT2D eigenvalue weighted by Crippen LogP contribution is 2.25. The number of carboxylic acid groups (broad SMARTS) is 1. The van der Waals surface area contributed by atoms with Crippen LogP contribution in [-0.4, -0.2) is 37.6 Å². The predicted octanol–water partition coefficient (Wildman–Crippen LogP) is 4.54. The quantitative estimate of drug-likeness (QED) is 0.382. The minimum absolute atomic E-state index is 0.0995. The zero-order chi connectivity index (χ0) is 22.1. The van der Waals surface area contributed by atoms with Crippen molar-refractivity contribution in [2.45, 2.75) is 6.42 Å². The summed E-state index contributed by atoms with van der Waals surface area (Å²) in [6.07, 6.45) is -0.133. The second kappa shape index (κ2) is 10.7. The molecule has 0 aromatic heterocycles. The molecule has 3 rings (SSSR count). The van der Waals surface area contributed by atoms with E-state index in [1.165, 1.54) is 14.2 Å². The van der Waals surface area contributed by atoms with Gasteiger partial charge in [0.05, 0.1) is 13.5 Å². The first-order valence-corrected chi connectivity index (χ1v) is 9.53. The normalized spacial score (nSPS) is 11.0. The van der Waals surface area contributed by atoms with Crippen LogP contribution in [0.1, 0.15) is 11.1 Å². The van der Waals surface area contributed by atoms with Crippen LogP contribution in [0.5, 0.6) is 23.0 Å². The average Bonchev–Trinajstić information content (AvgIpc) is 2.77. The lowest BCUT2D eigenvalue weighted by Crippen LogP contribution is -2.14. The molecule has 0 fully saturated rings. The van der Waals surface area contributed by atoms with Gasteiger partial charge in [0.25, 0.3) is 0 Å². The number of carbonyl (C=O) groups is 1. The molecule has 3 aromatic rings. The molecule has 0 bridgehead atoms. The van der Waals surface area contributed by atoms with Crippen LogP contribution in [-0.2, 0) is 16.1 Å². The third-order valence-electron chi connectivity index (χ3n) is 4.25. The molecule has 0 aliphatic rings. The molecule has 0 unspecified atom stereocenters. The number of hydrogen-bond donors (Lipinski definition) is 1. The van der Waals surface area contributed by atoms with Crippen LogP contribution >= 0.6 is 0 Å². The Morgan fingerprint density at radius 3 is 2.32 bits per heavy atom. The number of oxime groups is 1. The summed E-state index contributed by atoms with van der Waals surface area (Å²) in [5.41, 5.74) is 1.89. The molecule has 0 aliphatic carbocycles. The summed E-state index contributed by atoms with van der Waals surface area (Å²) < 4.78 is 17.0. The summed E-state index contributed by atoms with van der Waals surface area (Å²) in [6.45, 7) is 0.0995. The molecule has 0 atom stereocenters. The molecule has 1 N–H and O–H groups in total. The standard InChI is InChI=1S/C24H23NO6/c1-28-21-11-17(13-24(26)27)12-22(15-21)30-16-23(25-29-2)18-7-6-10-20(14-18)31-19-8-4-3-5-9-19/h3-12,14-15H,13,16H2,1-2H3,(H,26,27). The smallest absolute Gasteiger partial charge is 0.307 e. The Balaban J connectivity index is 1.77. The van der Waals surface area contributed by atoms with E-state index in [-0.39, 0.29) is 13.0 Å². The van der Waals surface area contributed by atoms with E-state index in [1.54, 1.807) is 18.2 Å². The highest BCUT2D eigenvalue weighted by atomic mass is 16.6. The molecule has 7 nitrogen and oxygen atoms in total. The van der Waals surface area contributed by atoms with E-state index < -0.39 is 5.97 Å². The van der Waals surface area contributed by atoms with Gasteiger partial charge in [0, 0.05) is 11.6 Å². The third kappa shape index (κ3) is 6.50. The summed E-state index contributed by atoms with van der Waals surface area (Å²) in [4.78, 5) is 16.0. The summed E-state index contributed by atoms with van der Waals surface area (Å²) in [6, 6.07) is 21.9. The fourth-order valence-electron chi connectivity index (χ4n) is 2.90. The Labute approximate surface area is 180 Å². The van der Waals surface area contributed by atoms with Gasteiger partial charge in [-0.1, -0.05) is 35.5 Å². The lowest BCUT2D eigenvalue weighted by molar-refractivity contribution is -0.136. The number of benzene rings is 3. The van der Waals surface area contributed by atoms with Crippen molar-refractivity contribution >= 4 is 11.7 Å². The Bertz CT molecular complexity index is 1050. The van der Waals surface area contributed by atoms with E-state index in [2.05, 4.69) is 5.16 Å². The van der Waals surface area contributed by atoms with Crippen molar-refractivity contribution in [3.8, 4) is 23.0 Å². The lowest BCUT2D eigenvalue weighted by atomic mass is 10.1. The van der Waals surface area contributed by atoms with Crippen molar-refractivity contribution < 1.29 is 28.9 Å². The molecular formula is C24H23NO6. The van der Waals surface area contributed by atoms with E-state index in [1.807, 2.05) is 54.6 Å². The van der Waals surface area contributed by atoms with E-state index in [0.717, 1.165) is 11.3 Å². The summed E-state index contributed by atoms with van der Waals surface area (Å²) in [7, 11) is 2.97. The Morgan fingerprint density at radius 1 is 0.871 bits per heavy atom. The Morgan fingerprint density at radius 2 is 1.61 bits per heavy atom. The maximum atomic E-state index is 11.0. The minimum atomic E-state index is -0.934. The monoisotopic (exact) mass is 421 g/mol. The average molecular weight is 421 g/mol. The van der Waals surface area contributed by atoms with Gasteiger partial charge < -0.3 is 24.2 Å². The lowest BCUT2D eigenvalue weighted by Gasteiger charge is -2.12. The highest BCUT2D eigenvalue weighted by Gasteiger charge is 2.11. The molecule has 7 heteroatoms. The van der Waals surface area contributed by atoms with Gasteiger partial charge in [0.1, 0.15) is 42.4 Å². The molecule has 0 heterocycles. The van der Waals surface area contributed by atoms with E-state index in [0.29, 0.717) is 28.5 Å². The zero-order valence-electron chi connectivity index (χ0n) is 17.3. The number of hydrogen-bond acceptors (Lipinski definition) is 6. The molecule has 0 radical (unpaired) electrons. The van der Waals surface area contributed by atoms with Crippen LogP contribution in [0.3, 0.4) is 0 Å². The number of carboxylic acids is 1. The molecule has 0 aliphatic heterocycles. The third-order valence-corrected chi connectivity index (χ3v) is 4.25. The maximum absolute atomic E-state index is 11.0. The molecule has 0 spiro atoms. The predicted molar refractivity (Wildman–Crippen MR) is 116 cm³/mol. The SMILES string of the molecule is CON=C(COc1cc(CC(=O)O)cc(OC)c1)c1cccc(Oc2ccccc2)c1. The van der Waals surface area contributed by atoms with Gasteiger partial charge in [-0.3, -0.25) is 4.79 Å². The molecule has 0 saturated carbocycles. The van der Waals surface area contributed by atoms with Gasteiger partial charge in [-0.05, 0) is 42.0 Å². The van der Waals surface area contributed by atoms with Gasteiger partial charge >= 0.3 is 5.97 Å². The fourth-order valence-corrected chi connectivity index (χ4v) is 2.90. The Kier molecular flexibility index (Phi) is 7.48. The molecule has 31 heavy (non-hydrogen) atoms. The van der Waals surface area contributed by atoms with Crippen LogP contribution in [0.25, 0.3) is 0 Å². The van der Waals surface area contributed by atoms with Crippen molar-refractivity contribution in [1.29, 1.82) is 0 Å². The molecule has 0 amide bonds. The number of ether oxygens (including phenoxy) is 3. The van der Waals surface area contributed by atoms with Crippen molar-refractivity contribution in [1.82, 2.24) is 0 Å². The van der Waals surface area contributed by atoms with Crippen LogP contribution < -0.4 is 14.2 Å². The number of nitrogens with zero attached hydrogens (tertiary/aromatic N) is 1. The molecular weight excluding hydrogens is 398 g/mol. The zero-order valence-corrected chi connectivity index (χ0v) is 17.3. The number of aliphatic carboxylic acids is 1. The fraction of sp³-hybridized carbons (Fsp3) is 0.167. The Hall–Kier alpha value is -4.00. The number of rotatable bonds is 10. The summed E-state index contributed by atoms with van der Waals surface area (Å²) >= 11 is 0. The molecule has 160 valence electrons. The van der Waals surface area contributed by atoms with Gasteiger partial charge in [0.2, 0.25) is 0 Å². The van der Waals surface area contributed by atoms with Gasteiger partial charge in [-0.25, -0.2) is 0 Å². The van der Waals surface area contributed by atoms with Crippen molar-refractivity contribution in [3.63, 3.8) is 0 Å². The van der Waals surface area contributed by atoms with Crippen LogP contribution in [0.2, 0.25) is 0 Å². The van der Waals surface area contributed by atoms with Gasteiger partial charge in [-0.15, -0.1) is 0 Å². The van der Waals surface area contributed by atoms with Gasteiger partial charge in [-0.2, -0.15) is 0 Å². The number of para-hydroxylation sites is 1. The van der Waals surface area contributed by atoms with E-state index in [4.69, 9.17) is 24.2 Å². The van der Waals surface area contributed by atoms with Crippen LogP contribution in [0.4, 0.5) is 0 Å². The van der Waals surface area contributed by atoms with E-state index in [9.17, 15) is 4.79 Å². The maximum Gasteiger partial charge on any atom is 0.307 e. The first-order chi connectivity index (χ1) is 15.1. The van der Waals surface area contributed by atoms with Crippen LogP contribution in [0, 0.1) is 0 Å². The second-order valence-corrected chi connectivity index (χ2v) is 6.54. The summed E-state index contributed by atoms with van der Waals surface area (Å²) in [5, 5.41) is 13.1. The van der Waals surface area contributed by atoms with E-state index >= 15 is 0 Å². The summed E-state index contributed by atoms with van der Waals surface area (Å²) in [5.74, 6) is 1.42. The highest BCUT2D eigenvalue weighted by molar-refractivity contribution is 6.01. The first kappa shape index (κ1) is 21.7. The molecule has 0 saturated heterocycles. The largest absolute Gasteiger partial charge is 0.497 e.